The van der Waals surface area contributed by atoms with E-state index in [1.807, 2.05) is 42.5 Å². The Kier molecular flexibility index (Phi) is 4.10. The molecule has 4 nitrogen and oxygen atoms in total. The SMILES string of the molecule is CCc1ccccc1CC(=O)n1ccc(-c2ccccn2)n1. The van der Waals surface area contributed by atoms with Crippen LogP contribution in [0.2, 0.25) is 0 Å². The van der Waals surface area contributed by atoms with E-state index in [4.69, 9.17) is 0 Å². The summed E-state index contributed by atoms with van der Waals surface area (Å²) in [5.74, 6) is -0.0388. The van der Waals surface area contributed by atoms with Gasteiger partial charge in [0, 0.05) is 12.4 Å². The maximum atomic E-state index is 12.4. The highest BCUT2D eigenvalue weighted by Crippen LogP contribution is 2.14. The molecule has 110 valence electrons. The second-order valence-electron chi connectivity index (χ2n) is 5.05. The summed E-state index contributed by atoms with van der Waals surface area (Å²) >= 11 is 0. The van der Waals surface area contributed by atoms with E-state index in [-0.39, 0.29) is 5.91 Å². The van der Waals surface area contributed by atoms with Crippen LogP contribution < -0.4 is 0 Å². The third-order valence-corrected chi connectivity index (χ3v) is 3.61. The summed E-state index contributed by atoms with van der Waals surface area (Å²) in [6, 6.07) is 15.5. The van der Waals surface area contributed by atoms with Gasteiger partial charge in [-0.15, -0.1) is 0 Å². The number of carbonyl (C=O) groups excluding carboxylic acids is 1. The van der Waals surface area contributed by atoms with Gasteiger partial charge in [-0.3, -0.25) is 9.78 Å². The van der Waals surface area contributed by atoms with Crippen molar-refractivity contribution < 1.29 is 4.79 Å². The molecule has 2 aromatic heterocycles. The Morgan fingerprint density at radius 1 is 1.00 bits per heavy atom. The normalized spacial score (nSPS) is 10.6. The monoisotopic (exact) mass is 291 g/mol. The lowest BCUT2D eigenvalue weighted by Gasteiger charge is -2.06. The Hall–Kier alpha value is -2.75. The van der Waals surface area contributed by atoms with Gasteiger partial charge < -0.3 is 0 Å². The number of hydrogen-bond acceptors (Lipinski definition) is 3. The minimum atomic E-state index is -0.0388. The molecule has 0 spiro atoms. The number of aromatic nitrogens is 3. The number of carbonyl (C=O) groups is 1. The van der Waals surface area contributed by atoms with Gasteiger partial charge in [-0.25, -0.2) is 4.68 Å². The van der Waals surface area contributed by atoms with Crippen LogP contribution in [0.15, 0.2) is 60.9 Å². The zero-order chi connectivity index (χ0) is 15.4. The molecule has 0 N–H and O–H groups in total. The molecule has 0 radical (unpaired) electrons. The van der Waals surface area contributed by atoms with Crippen molar-refractivity contribution in [3.63, 3.8) is 0 Å². The van der Waals surface area contributed by atoms with Gasteiger partial charge >= 0.3 is 0 Å². The highest BCUT2D eigenvalue weighted by molar-refractivity contribution is 5.81. The highest BCUT2D eigenvalue weighted by Gasteiger charge is 2.11. The van der Waals surface area contributed by atoms with E-state index in [9.17, 15) is 4.79 Å². The molecule has 0 bridgehead atoms. The fourth-order valence-corrected chi connectivity index (χ4v) is 2.43. The van der Waals surface area contributed by atoms with E-state index in [1.165, 1.54) is 10.2 Å². The van der Waals surface area contributed by atoms with Crippen LogP contribution >= 0.6 is 0 Å². The molecular formula is C18H17N3O. The van der Waals surface area contributed by atoms with E-state index < -0.39 is 0 Å². The van der Waals surface area contributed by atoms with Crippen LogP contribution in [-0.2, 0) is 12.8 Å². The quantitative estimate of drug-likeness (QED) is 0.740. The zero-order valence-corrected chi connectivity index (χ0v) is 12.4. The molecule has 0 saturated heterocycles. The number of benzene rings is 1. The van der Waals surface area contributed by atoms with E-state index in [0.29, 0.717) is 12.1 Å². The van der Waals surface area contributed by atoms with Crippen molar-refractivity contribution in [1.82, 2.24) is 14.8 Å². The standard InChI is InChI=1S/C18H17N3O/c1-2-14-7-3-4-8-15(14)13-18(22)21-12-10-17(20-21)16-9-5-6-11-19-16/h3-12H,2,13H2,1H3. The molecule has 3 aromatic rings. The first-order chi connectivity index (χ1) is 10.8. The van der Waals surface area contributed by atoms with Gasteiger partial charge in [0.05, 0.1) is 12.1 Å². The number of pyridine rings is 1. The Morgan fingerprint density at radius 3 is 2.50 bits per heavy atom. The summed E-state index contributed by atoms with van der Waals surface area (Å²) in [7, 11) is 0. The first kappa shape index (κ1) is 14.2. The van der Waals surface area contributed by atoms with Crippen molar-refractivity contribution in [2.75, 3.05) is 0 Å². The summed E-state index contributed by atoms with van der Waals surface area (Å²) in [4.78, 5) is 16.7. The predicted molar refractivity (Wildman–Crippen MR) is 85.6 cm³/mol. The molecule has 0 amide bonds. The van der Waals surface area contributed by atoms with E-state index in [2.05, 4.69) is 23.1 Å². The van der Waals surface area contributed by atoms with Gasteiger partial charge in [0.1, 0.15) is 5.69 Å². The fraction of sp³-hybridized carbons (Fsp3) is 0.167. The third-order valence-electron chi connectivity index (χ3n) is 3.61. The van der Waals surface area contributed by atoms with Gasteiger partial charge in [0.15, 0.2) is 0 Å². The topological polar surface area (TPSA) is 47.8 Å². The van der Waals surface area contributed by atoms with E-state index in [1.54, 1.807) is 12.4 Å². The summed E-state index contributed by atoms with van der Waals surface area (Å²) in [6.07, 6.45) is 4.68. The number of nitrogens with zero attached hydrogens (tertiary/aromatic N) is 3. The van der Waals surface area contributed by atoms with Crippen LogP contribution in [0.3, 0.4) is 0 Å². The van der Waals surface area contributed by atoms with Crippen LogP contribution in [0.25, 0.3) is 11.4 Å². The maximum Gasteiger partial charge on any atom is 0.251 e. The summed E-state index contributed by atoms with van der Waals surface area (Å²) in [5.41, 5.74) is 3.73. The smallest absolute Gasteiger partial charge is 0.251 e. The number of aryl methyl sites for hydroxylation is 1. The lowest BCUT2D eigenvalue weighted by atomic mass is 10.0. The van der Waals surface area contributed by atoms with Crippen molar-refractivity contribution in [2.45, 2.75) is 19.8 Å². The Morgan fingerprint density at radius 2 is 1.77 bits per heavy atom. The van der Waals surface area contributed by atoms with Crippen LogP contribution in [0.4, 0.5) is 0 Å². The van der Waals surface area contributed by atoms with Crippen molar-refractivity contribution in [1.29, 1.82) is 0 Å². The van der Waals surface area contributed by atoms with Crippen LogP contribution in [0.1, 0.15) is 22.8 Å². The highest BCUT2D eigenvalue weighted by atomic mass is 16.2. The maximum absolute atomic E-state index is 12.4. The molecule has 0 atom stereocenters. The van der Waals surface area contributed by atoms with Gasteiger partial charge in [-0.2, -0.15) is 5.10 Å². The minimum absolute atomic E-state index is 0.0388. The van der Waals surface area contributed by atoms with Crippen molar-refractivity contribution in [3.8, 4) is 11.4 Å². The molecule has 0 fully saturated rings. The van der Waals surface area contributed by atoms with Gasteiger partial charge in [-0.1, -0.05) is 37.3 Å². The number of hydrogen-bond donors (Lipinski definition) is 0. The molecule has 22 heavy (non-hydrogen) atoms. The lowest BCUT2D eigenvalue weighted by molar-refractivity contribution is 0.0898. The summed E-state index contributed by atoms with van der Waals surface area (Å²) < 4.78 is 1.40. The molecule has 0 saturated carbocycles. The molecule has 4 heteroatoms. The van der Waals surface area contributed by atoms with Crippen LogP contribution in [0.5, 0.6) is 0 Å². The Labute approximate surface area is 129 Å². The third kappa shape index (κ3) is 2.96. The van der Waals surface area contributed by atoms with Crippen molar-refractivity contribution in [3.05, 3.63) is 72.1 Å². The van der Waals surface area contributed by atoms with Crippen LogP contribution in [0, 0.1) is 0 Å². The second kappa shape index (κ2) is 6.35. The van der Waals surface area contributed by atoms with Crippen LogP contribution in [-0.4, -0.2) is 20.7 Å². The van der Waals surface area contributed by atoms with Crippen molar-refractivity contribution in [2.24, 2.45) is 0 Å². The van der Waals surface area contributed by atoms with E-state index >= 15 is 0 Å². The average molecular weight is 291 g/mol. The first-order valence-corrected chi connectivity index (χ1v) is 7.35. The molecule has 0 aliphatic heterocycles. The molecule has 0 unspecified atom stereocenters. The molecule has 2 heterocycles. The first-order valence-electron chi connectivity index (χ1n) is 7.35. The van der Waals surface area contributed by atoms with Gasteiger partial charge in [0.2, 0.25) is 0 Å². The van der Waals surface area contributed by atoms with E-state index in [0.717, 1.165) is 17.7 Å². The van der Waals surface area contributed by atoms with Gasteiger partial charge in [0.25, 0.3) is 5.91 Å². The molecule has 1 aromatic carbocycles. The average Bonchev–Trinajstić information content (AvgIpc) is 3.06. The molecule has 0 aliphatic carbocycles. The molecule has 0 aliphatic rings. The summed E-state index contributed by atoms with van der Waals surface area (Å²) in [6.45, 7) is 2.09. The lowest BCUT2D eigenvalue weighted by Crippen LogP contribution is -2.15. The zero-order valence-electron chi connectivity index (χ0n) is 12.4. The fourth-order valence-electron chi connectivity index (χ4n) is 2.43. The molecular weight excluding hydrogens is 274 g/mol. The minimum Gasteiger partial charge on any atom is -0.272 e. The molecule has 3 rings (SSSR count). The predicted octanol–water partition coefficient (Wildman–Crippen LogP) is 3.39. The Balaban J connectivity index is 1.80. The largest absolute Gasteiger partial charge is 0.272 e. The summed E-state index contributed by atoms with van der Waals surface area (Å²) in [5, 5.41) is 4.34. The Bertz CT molecular complexity index is 778. The second-order valence-corrected chi connectivity index (χ2v) is 5.05. The number of rotatable bonds is 4. The van der Waals surface area contributed by atoms with Crippen molar-refractivity contribution >= 4 is 5.91 Å². The van der Waals surface area contributed by atoms with Gasteiger partial charge in [-0.05, 0) is 35.7 Å².